The molecular formula is C26H22ClN3O3. The number of para-hydroxylation sites is 3. The third-order valence-electron chi connectivity index (χ3n) is 5.08. The number of hydrogen-bond donors (Lipinski definition) is 1. The van der Waals surface area contributed by atoms with E-state index < -0.39 is 6.10 Å². The molecule has 1 amide bonds. The minimum absolute atomic E-state index is 0.176. The molecule has 0 spiro atoms. The summed E-state index contributed by atoms with van der Waals surface area (Å²) in [5.74, 6) is -0.158. The number of ether oxygens (including phenoxy) is 1. The number of carbonyl (C=O) groups excluding carboxylic acids is 2. The molecule has 0 radical (unpaired) electrons. The van der Waals surface area contributed by atoms with Crippen LogP contribution in [0.4, 0.5) is 5.69 Å². The molecule has 1 heterocycles. The molecule has 1 unspecified atom stereocenters. The lowest BCUT2D eigenvalue weighted by molar-refractivity contribution is -0.114. The van der Waals surface area contributed by atoms with Crippen molar-refractivity contribution in [1.82, 2.24) is 9.97 Å². The summed E-state index contributed by atoms with van der Waals surface area (Å²) in [6.07, 6.45) is -0.337. The second kappa shape index (κ2) is 9.79. The van der Waals surface area contributed by atoms with E-state index in [1.807, 2.05) is 49.4 Å². The van der Waals surface area contributed by atoms with Gasteiger partial charge in [-0.3, -0.25) is 9.59 Å². The van der Waals surface area contributed by atoms with Crippen molar-refractivity contribution < 1.29 is 14.3 Å². The van der Waals surface area contributed by atoms with Gasteiger partial charge in [0.2, 0.25) is 17.6 Å². The molecule has 3 aromatic carbocycles. The summed E-state index contributed by atoms with van der Waals surface area (Å²) in [6.45, 7) is 3.32. The Balaban J connectivity index is 1.80. The zero-order valence-corrected chi connectivity index (χ0v) is 19.0. The van der Waals surface area contributed by atoms with Crippen molar-refractivity contribution in [2.24, 2.45) is 0 Å². The second-order valence-corrected chi connectivity index (χ2v) is 7.92. The fraction of sp³-hybridized carbons (Fsp3) is 0.154. The molecule has 1 atom stereocenters. The molecule has 4 aromatic rings. The third kappa shape index (κ3) is 5.02. The molecule has 0 saturated heterocycles. The largest absolute Gasteiger partial charge is 0.464 e. The van der Waals surface area contributed by atoms with Gasteiger partial charge in [0.25, 0.3) is 0 Å². The van der Waals surface area contributed by atoms with Crippen molar-refractivity contribution in [3.63, 3.8) is 0 Å². The van der Waals surface area contributed by atoms with Crippen LogP contribution in [0.2, 0.25) is 5.02 Å². The summed E-state index contributed by atoms with van der Waals surface area (Å²) in [5, 5.41) is 3.38. The van der Waals surface area contributed by atoms with Gasteiger partial charge in [-0.1, -0.05) is 48.9 Å². The van der Waals surface area contributed by atoms with Gasteiger partial charge in [0.15, 0.2) is 6.10 Å². The van der Waals surface area contributed by atoms with E-state index in [0.717, 1.165) is 0 Å². The van der Waals surface area contributed by atoms with Crippen molar-refractivity contribution in [2.75, 3.05) is 5.32 Å². The highest BCUT2D eigenvalue weighted by Gasteiger charge is 2.24. The maximum atomic E-state index is 13.1. The maximum Gasteiger partial charge on any atom is 0.242 e. The number of halogens is 1. The zero-order valence-electron chi connectivity index (χ0n) is 18.2. The van der Waals surface area contributed by atoms with E-state index in [1.165, 1.54) is 6.92 Å². The fourth-order valence-corrected chi connectivity index (χ4v) is 3.61. The van der Waals surface area contributed by atoms with Gasteiger partial charge in [0, 0.05) is 23.1 Å². The average molecular weight is 460 g/mol. The summed E-state index contributed by atoms with van der Waals surface area (Å²) in [5.41, 5.74) is 3.49. The van der Waals surface area contributed by atoms with E-state index in [4.69, 9.17) is 21.3 Å². The van der Waals surface area contributed by atoms with Gasteiger partial charge in [-0.05, 0) is 48.9 Å². The van der Waals surface area contributed by atoms with E-state index in [0.29, 0.717) is 45.0 Å². The van der Waals surface area contributed by atoms with Gasteiger partial charge in [-0.25, -0.2) is 9.97 Å². The topological polar surface area (TPSA) is 81.2 Å². The molecule has 1 aromatic heterocycles. The highest BCUT2D eigenvalue weighted by atomic mass is 35.5. The molecule has 4 rings (SSSR count). The first-order chi connectivity index (χ1) is 16.0. The predicted octanol–water partition coefficient (Wildman–Crippen LogP) is 5.95. The molecule has 0 aliphatic rings. The molecule has 0 bridgehead atoms. The monoisotopic (exact) mass is 459 g/mol. The van der Waals surface area contributed by atoms with Gasteiger partial charge in [-0.2, -0.15) is 0 Å². The molecule has 7 heteroatoms. The number of amides is 1. The Bertz CT molecular complexity index is 1320. The van der Waals surface area contributed by atoms with Crippen LogP contribution in [-0.4, -0.2) is 27.8 Å². The smallest absolute Gasteiger partial charge is 0.242 e. The van der Waals surface area contributed by atoms with Gasteiger partial charge < -0.3 is 10.1 Å². The number of Topliss-reactive ketones (excluding diaryl/α,β-unsaturated/α-hetero) is 1. The van der Waals surface area contributed by atoms with Gasteiger partial charge in [-0.15, -0.1) is 0 Å². The van der Waals surface area contributed by atoms with E-state index in [2.05, 4.69) is 10.3 Å². The highest BCUT2D eigenvalue weighted by Crippen LogP contribution is 2.34. The quantitative estimate of drug-likeness (QED) is 0.345. The molecule has 33 heavy (non-hydrogen) atoms. The summed E-state index contributed by atoms with van der Waals surface area (Å²) >= 11 is 5.96. The third-order valence-corrected chi connectivity index (χ3v) is 5.33. The maximum absolute atomic E-state index is 13.1. The van der Waals surface area contributed by atoms with Gasteiger partial charge >= 0.3 is 0 Å². The number of hydrogen-bond acceptors (Lipinski definition) is 5. The van der Waals surface area contributed by atoms with Gasteiger partial charge in [0.1, 0.15) is 5.69 Å². The van der Waals surface area contributed by atoms with Crippen LogP contribution < -0.4 is 10.1 Å². The normalized spacial score (nSPS) is 11.7. The first-order valence-electron chi connectivity index (χ1n) is 10.6. The van der Waals surface area contributed by atoms with Crippen molar-refractivity contribution in [1.29, 1.82) is 0 Å². The number of nitrogens with zero attached hydrogens (tertiary/aromatic N) is 2. The molecule has 1 N–H and O–H groups in total. The van der Waals surface area contributed by atoms with E-state index in [-0.39, 0.29) is 17.6 Å². The number of benzene rings is 3. The van der Waals surface area contributed by atoms with Crippen LogP contribution in [0.5, 0.6) is 5.88 Å². The first kappa shape index (κ1) is 22.4. The van der Waals surface area contributed by atoms with Gasteiger partial charge in [0.05, 0.1) is 16.7 Å². The van der Waals surface area contributed by atoms with Crippen molar-refractivity contribution >= 4 is 40.0 Å². The molecule has 0 aliphatic carbocycles. The minimum atomic E-state index is -0.770. The lowest BCUT2D eigenvalue weighted by atomic mass is 10.0. The standard InChI is InChI=1S/C26H22ClN3O3/c1-3-23(25(32)17-12-14-18(27)15-13-17)33-26-24(29-21-10-6-7-11-22(21)30-26)19-8-4-5-9-20(19)28-16(2)31/h4-15,23H,3H2,1-2H3,(H,28,31). The highest BCUT2D eigenvalue weighted by molar-refractivity contribution is 6.30. The van der Waals surface area contributed by atoms with Crippen molar-refractivity contribution in [2.45, 2.75) is 26.4 Å². The molecule has 166 valence electrons. The number of nitrogens with one attached hydrogen (secondary N) is 1. The number of rotatable bonds is 7. The van der Waals surface area contributed by atoms with Crippen molar-refractivity contribution in [3.8, 4) is 17.1 Å². The van der Waals surface area contributed by atoms with Crippen LogP contribution in [0.15, 0.2) is 72.8 Å². The predicted molar refractivity (Wildman–Crippen MR) is 130 cm³/mol. The summed E-state index contributed by atoms with van der Waals surface area (Å²) < 4.78 is 6.19. The minimum Gasteiger partial charge on any atom is -0.464 e. The van der Waals surface area contributed by atoms with Crippen LogP contribution >= 0.6 is 11.6 Å². The van der Waals surface area contributed by atoms with Crippen molar-refractivity contribution in [3.05, 3.63) is 83.4 Å². The zero-order chi connectivity index (χ0) is 23.4. The Morgan fingerprint density at radius 3 is 2.24 bits per heavy atom. The Labute approximate surface area is 196 Å². The number of anilines is 1. The summed E-state index contributed by atoms with van der Waals surface area (Å²) in [4.78, 5) is 34.4. The first-order valence-corrected chi connectivity index (χ1v) is 10.9. The molecule has 6 nitrogen and oxygen atoms in total. The number of fused-ring (bicyclic) bond motifs is 1. The van der Waals surface area contributed by atoms with E-state index >= 15 is 0 Å². The Morgan fingerprint density at radius 1 is 0.939 bits per heavy atom. The van der Waals surface area contributed by atoms with E-state index in [9.17, 15) is 9.59 Å². The van der Waals surface area contributed by atoms with Crippen LogP contribution in [0, 0.1) is 0 Å². The Hall–Kier alpha value is -3.77. The Morgan fingerprint density at radius 2 is 1.58 bits per heavy atom. The van der Waals surface area contributed by atoms with Crippen LogP contribution in [-0.2, 0) is 4.79 Å². The summed E-state index contributed by atoms with van der Waals surface area (Å²) in [7, 11) is 0. The number of aromatic nitrogens is 2. The van der Waals surface area contributed by atoms with E-state index in [1.54, 1.807) is 30.3 Å². The average Bonchev–Trinajstić information content (AvgIpc) is 2.82. The SMILES string of the molecule is CCC(Oc1nc2ccccc2nc1-c1ccccc1NC(C)=O)C(=O)c1ccc(Cl)cc1. The molecule has 0 saturated carbocycles. The number of carbonyl (C=O) groups is 2. The fourth-order valence-electron chi connectivity index (χ4n) is 3.49. The summed E-state index contributed by atoms with van der Waals surface area (Å²) in [6, 6.07) is 21.4. The van der Waals surface area contributed by atoms with Crippen LogP contribution in [0.25, 0.3) is 22.3 Å². The number of ketones is 1. The molecular weight excluding hydrogens is 438 g/mol. The van der Waals surface area contributed by atoms with Crippen LogP contribution in [0.1, 0.15) is 30.6 Å². The Kier molecular flexibility index (Phi) is 6.66. The molecule has 0 fully saturated rings. The lowest BCUT2D eigenvalue weighted by Crippen LogP contribution is -2.27. The lowest BCUT2D eigenvalue weighted by Gasteiger charge is -2.19. The molecule has 0 aliphatic heterocycles. The van der Waals surface area contributed by atoms with Crippen LogP contribution in [0.3, 0.4) is 0 Å². The second-order valence-electron chi connectivity index (χ2n) is 7.48.